The maximum absolute atomic E-state index is 10.6. The summed E-state index contributed by atoms with van der Waals surface area (Å²) in [5.41, 5.74) is 4.81. The number of aliphatic hydroxyl groups is 1. The van der Waals surface area contributed by atoms with E-state index < -0.39 is 12.0 Å². The molecule has 0 spiro atoms. The van der Waals surface area contributed by atoms with Gasteiger partial charge in [-0.05, 0) is 0 Å². The van der Waals surface area contributed by atoms with Crippen molar-refractivity contribution in [2.75, 3.05) is 19.8 Å². The molecule has 12 heavy (non-hydrogen) atoms. The van der Waals surface area contributed by atoms with Crippen molar-refractivity contribution in [3.63, 3.8) is 0 Å². The molecule has 6 heteroatoms. The lowest BCUT2D eigenvalue weighted by Gasteiger charge is -2.03. The van der Waals surface area contributed by atoms with Crippen molar-refractivity contribution in [2.24, 2.45) is 5.73 Å². The minimum atomic E-state index is -0.662. The molecule has 0 aromatic carbocycles. The van der Waals surface area contributed by atoms with Crippen LogP contribution in [0.2, 0.25) is 0 Å². The second-order valence-corrected chi connectivity index (χ2v) is 2.00. The molecule has 0 bridgehead atoms. The lowest BCUT2D eigenvalue weighted by atomic mass is 10.4. The van der Waals surface area contributed by atoms with Crippen LogP contribution >= 0.6 is 0 Å². The number of hydrogen-bond donors (Lipinski definition) is 3. The fourth-order valence-electron chi connectivity index (χ4n) is 0.477. The number of nitrogens with two attached hydrogens (primary N) is 1. The van der Waals surface area contributed by atoms with E-state index in [1.54, 1.807) is 0 Å². The topological polar surface area (TPSA) is 102 Å². The van der Waals surface area contributed by atoms with Crippen molar-refractivity contribution in [2.45, 2.75) is 6.42 Å². The number of carbonyl (C=O) groups excluding carboxylic acids is 2. The highest BCUT2D eigenvalue weighted by Crippen LogP contribution is 1.78. The van der Waals surface area contributed by atoms with Crippen molar-refractivity contribution in [1.29, 1.82) is 0 Å². The summed E-state index contributed by atoms with van der Waals surface area (Å²) in [4.78, 5) is 20.8. The van der Waals surface area contributed by atoms with Crippen LogP contribution in [0.5, 0.6) is 0 Å². The van der Waals surface area contributed by atoms with Gasteiger partial charge < -0.3 is 20.9 Å². The van der Waals surface area contributed by atoms with Gasteiger partial charge in [-0.25, -0.2) is 4.79 Å². The number of rotatable bonds is 5. The number of ether oxygens (including phenoxy) is 1. The van der Waals surface area contributed by atoms with Crippen LogP contribution in [-0.4, -0.2) is 36.9 Å². The van der Waals surface area contributed by atoms with E-state index in [0.29, 0.717) is 0 Å². The summed E-state index contributed by atoms with van der Waals surface area (Å²) in [7, 11) is 0. The zero-order valence-electron chi connectivity index (χ0n) is 6.58. The van der Waals surface area contributed by atoms with E-state index in [1.807, 2.05) is 0 Å². The van der Waals surface area contributed by atoms with Crippen LogP contribution in [0.4, 0.5) is 4.79 Å². The van der Waals surface area contributed by atoms with Gasteiger partial charge in [0.05, 0.1) is 6.61 Å². The number of amides is 2. The Morgan fingerprint density at radius 2 is 2.17 bits per heavy atom. The minimum Gasteiger partial charge on any atom is -0.447 e. The molecule has 0 unspecified atom stereocenters. The molecule has 0 aliphatic heterocycles. The van der Waals surface area contributed by atoms with E-state index in [9.17, 15) is 9.59 Å². The van der Waals surface area contributed by atoms with E-state index >= 15 is 0 Å². The van der Waals surface area contributed by atoms with E-state index in [4.69, 9.17) is 10.8 Å². The molecule has 0 aliphatic rings. The van der Waals surface area contributed by atoms with E-state index in [-0.39, 0.29) is 26.2 Å². The molecule has 0 rings (SSSR count). The zero-order chi connectivity index (χ0) is 9.40. The van der Waals surface area contributed by atoms with Crippen LogP contribution in [-0.2, 0) is 9.53 Å². The van der Waals surface area contributed by atoms with Gasteiger partial charge in [0.1, 0.15) is 6.61 Å². The van der Waals surface area contributed by atoms with Crippen molar-refractivity contribution >= 4 is 12.0 Å². The van der Waals surface area contributed by atoms with E-state index in [2.05, 4.69) is 10.1 Å². The van der Waals surface area contributed by atoms with Gasteiger partial charge in [0, 0.05) is 13.0 Å². The standard InChI is InChI=1S/C6H12N2O4/c7-5(10)1-2-8-6(11)12-4-3-9/h9H,1-4H2,(H2,7,10)(H,8,11). The van der Waals surface area contributed by atoms with Crippen LogP contribution < -0.4 is 11.1 Å². The van der Waals surface area contributed by atoms with Crippen LogP contribution in [0, 0.1) is 0 Å². The Bertz CT molecular complexity index is 160. The smallest absolute Gasteiger partial charge is 0.407 e. The zero-order valence-corrected chi connectivity index (χ0v) is 6.58. The SMILES string of the molecule is NC(=O)CCNC(=O)OCCO. The van der Waals surface area contributed by atoms with Crippen molar-refractivity contribution < 1.29 is 19.4 Å². The molecule has 4 N–H and O–H groups in total. The Hall–Kier alpha value is -1.30. The first-order valence-corrected chi connectivity index (χ1v) is 3.46. The number of aliphatic hydroxyl groups excluding tert-OH is 1. The molecule has 0 radical (unpaired) electrons. The molecule has 6 nitrogen and oxygen atoms in total. The predicted octanol–water partition coefficient (Wildman–Crippen LogP) is -1.42. The highest BCUT2D eigenvalue weighted by molar-refractivity contribution is 5.75. The van der Waals surface area contributed by atoms with Gasteiger partial charge in [0.2, 0.25) is 5.91 Å². The summed E-state index contributed by atoms with van der Waals surface area (Å²) < 4.78 is 4.42. The first-order chi connectivity index (χ1) is 5.66. The lowest BCUT2D eigenvalue weighted by molar-refractivity contribution is -0.117. The molecule has 0 saturated heterocycles. The summed E-state index contributed by atoms with van der Waals surface area (Å²) in [6.45, 7) is -0.120. The molecular weight excluding hydrogens is 164 g/mol. The van der Waals surface area contributed by atoms with Crippen LogP contribution in [0.3, 0.4) is 0 Å². The molecule has 0 saturated carbocycles. The van der Waals surface area contributed by atoms with Crippen molar-refractivity contribution in [3.8, 4) is 0 Å². The molecule has 70 valence electrons. The van der Waals surface area contributed by atoms with Crippen molar-refractivity contribution in [3.05, 3.63) is 0 Å². The first-order valence-electron chi connectivity index (χ1n) is 3.46. The average Bonchev–Trinajstić information content (AvgIpc) is 2.00. The van der Waals surface area contributed by atoms with Gasteiger partial charge in [-0.3, -0.25) is 4.79 Å². The number of primary amides is 1. The Labute approximate surface area is 69.7 Å². The monoisotopic (exact) mass is 176 g/mol. The molecule has 0 aromatic heterocycles. The number of nitrogens with one attached hydrogen (secondary N) is 1. The summed E-state index contributed by atoms with van der Waals surface area (Å²) in [5.74, 6) is -0.488. The first kappa shape index (κ1) is 10.7. The Balaban J connectivity index is 3.25. The van der Waals surface area contributed by atoms with Crippen LogP contribution in [0.15, 0.2) is 0 Å². The molecule has 0 atom stereocenters. The van der Waals surface area contributed by atoms with Gasteiger partial charge in [-0.2, -0.15) is 0 Å². The lowest BCUT2D eigenvalue weighted by Crippen LogP contribution is -2.29. The van der Waals surface area contributed by atoms with Gasteiger partial charge in [0.15, 0.2) is 0 Å². The molecule has 0 aromatic rings. The maximum Gasteiger partial charge on any atom is 0.407 e. The van der Waals surface area contributed by atoms with Gasteiger partial charge >= 0.3 is 6.09 Å². The van der Waals surface area contributed by atoms with E-state index in [1.165, 1.54) is 0 Å². The normalized spacial score (nSPS) is 9.08. The second kappa shape index (κ2) is 6.41. The Kier molecular flexibility index (Phi) is 5.72. The van der Waals surface area contributed by atoms with Gasteiger partial charge in [-0.15, -0.1) is 0 Å². The molecule has 0 aliphatic carbocycles. The van der Waals surface area contributed by atoms with Crippen molar-refractivity contribution in [1.82, 2.24) is 5.32 Å². The minimum absolute atomic E-state index is 0.0532. The van der Waals surface area contributed by atoms with Gasteiger partial charge in [-0.1, -0.05) is 0 Å². The third kappa shape index (κ3) is 6.81. The number of carbonyl (C=O) groups is 2. The summed E-state index contributed by atoms with van der Waals surface area (Å²) in [6, 6.07) is 0. The van der Waals surface area contributed by atoms with E-state index in [0.717, 1.165) is 0 Å². The second-order valence-electron chi connectivity index (χ2n) is 2.00. The third-order valence-corrected chi connectivity index (χ3v) is 0.965. The molecule has 0 fully saturated rings. The summed E-state index contributed by atoms with van der Waals surface area (Å²) in [6.07, 6.45) is -0.584. The molecule has 0 heterocycles. The average molecular weight is 176 g/mol. The number of hydrogen-bond acceptors (Lipinski definition) is 4. The maximum atomic E-state index is 10.6. The summed E-state index contributed by atoms with van der Waals surface area (Å²) >= 11 is 0. The largest absolute Gasteiger partial charge is 0.447 e. The highest BCUT2D eigenvalue weighted by Gasteiger charge is 2.00. The molecular formula is C6H12N2O4. The third-order valence-electron chi connectivity index (χ3n) is 0.965. The van der Waals surface area contributed by atoms with Crippen LogP contribution in [0.25, 0.3) is 0 Å². The predicted molar refractivity (Wildman–Crippen MR) is 40.2 cm³/mol. The number of alkyl carbamates (subject to hydrolysis) is 1. The fourth-order valence-corrected chi connectivity index (χ4v) is 0.477. The fraction of sp³-hybridized carbons (Fsp3) is 0.667. The summed E-state index contributed by atoms with van der Waals surface area (Å²) in [5, 5.41) is 10.5. The highest BCUT2D eigenvalue weighted by atomic mass is 16.6. The quantitative estimate of drug-likeness (QED) is 0.478. The van der Waals surface area contributed by atoms with Crippen LogP contribution in [0.1, 0.15) is 6.42 Å². The Morgan fingerprint density at radius 3 is 2.67 bits per heavy atom. The Morgan fingerprint density at radius 1 is 1.50 bits per heavy atom. The molecule has 2 amide bonds. The van der Waals surface area contributed by atoms with Gasteiger partial charge in [0.25, 0.3) is 0 Å².